The van der Waals surface area contributed by atoms with Crippen LogP contribution in [0.15, 0.2) is 0 Å². The molecule has 0 radical (unpaired) electrons. The van der Waals surface area contributed by atoms with E-state index < -0.39 is 21.5 Å². The Morgan fingerprint density at radius 3 is 2.47 bits per heavy atom. The van der Waals surface area contributed by atoms with E-state index in [0.717, 1.165) is 0 Å². The number of nitrogens with two attached hydrogens (primary N) is 1. The van der Waals surface area contributed by atoms with Gasteiger partial charge in [-0.25, -0.2) is 13.2 Å². The number of amides is 1. The van der Waals surface area contributed by atoms with Crippen LogP contribution in [-0.4, -0.2) is 44.2 Å². The predicted molar refractivity (Wildman–Crippen MR) is 73.6 cm³/mol. The van der Waals surface area contributed by atoms with Crippen LogP contribution in [0, 0.1) is 5.92 Å². The fraction of sp³-hybridized carbons (Fsp3) is 0.917. The minimum Gasteiger partial charge on any atom is -0.444 e. The quantitative estimate of drug-likeness (QED) is 0.779. The average molecular weight is 292 g/mol. The molecule has 6 nitrogen and oxygen atoms in total. The van der Waals surface area contributed by atoms with E-state index in [2.05, 4.69) is 5.32 Å². The summed E-state index contributed by atoms with van der Waals surface area (Å²) in [5.74, 6) is 0.253. The molecule has 1 heterocycles. The molecular weight excluding hydrogens is 268 g/mol. The van der Waals surface area contributed by atoms with E-state index in [1.165, 1.54) is 0 Å². The first kappa shape index (κ1) is 16.2. The lowest BCUT2D eigenvalue weighted by Gasteiger charge is -2.23. The van der Waals surface area contributed by atoms with Crippen LogP contribution in [0.4, 0.5) is 4.79 Å². The molecule has 0 aliphatic carbocycles. The molecule has 1 aliphatic heterocycles. The summed E-state index contributed by atoms with van der Waals surface area (Å²) in [6, 6.07) is -0.202. The van der Waals surface area contributed by atoms with Crippen molar-refractivity contribution in [1.82, 2.24) is 5.32 Å². The normalized spacial score (nSPS) is 27.4. The van der Waals surface area contributed by atoms with Crippen LogP contribution in [0.5, 0.6) is 0 Å². The smallest absolute Gasteiger partial charge is 0.407 e. The first-order valence-electron chi connectivity index (χ1n) is 6.52. The molecule has 0 bridgehead atoms. The number of nitrogens with one attached hydrogen (secondary N) is 1. The molecule has 19 heavy (non-hydrogen) atoms. The SMILES string of the molecule is CC(C)(C)OC(=O)NC[C@@H]1CCS(=O)(=O)CC[C@H]1N. The maximum Gasteiger partial charge on any atom is 0.407 e. The third-order valence-electron chi connectivity index (χ3n) is 3.07. The first-order valence-corrected chi connectivity index (χ1v) is 8.34. The Hall–Kier alpha value is -0.820. The molecule has 1 aliphatic rings. The summed E-state index contributed by atoms with van der Waals surface area (Å²) in [6.07, 6.45) is 0.439. The minimum absolute atomic E-state index is 0.0233. The number of carbonyl (C=O) groups excluding carboxylic acids is 1. The molecule has 0 unspecified atom stereocenters. The van der Waals surface area contributed by atoms with E-state index >= 15 is 0 Å². The maximum atomic E-state index is 11.5. The van der Waals surface area contributed by atoms with Crippen LogP contribution in [0.1, 0.15) is 33.6 Å². The van der Waals surface area contributed by atoms with Crippen LogP contribution in [0.3, 0.4) is 0 Å². The van der Waals surface area contributed by atoms with Crippen LogP contribution < -0.4 is 11.1 Å². The Labute approximate surface area is 115 Å². The monoisotopic (exact) mass is 292 g/mol. The highest BCUT2D eigenvalue weighted by atomic mass is 32.2. The van der Waals surface area contributed by atoms with E-state index in [4.69, 9.17) is 10.5 Å². The largest absolute Gasteiger partial charge is 0.444 e. The highest BCUT2D eigenvalue weighted by Gasteiger charge is 2.27. The van der Waals surface area contributed by atoms with Gasteiger partial charge in [0.15, 0.2) is 0 Å². The van der Waals surface area contributed by atoms with Gasteiger partial charge in [-0.05, 0) is 39.5 Å². The number of hydrogen-bond donors (Lipinski definition) is 2. The summed E-state index contributed by atoms with van der Waals surface area (Å²) in [4.78, 5) is 11.5. The van der Waals surface area contributed by atoms with E-state index in [0.29, 0.717) is 19.4 Å². The second-order valence-corrected chi connectivity index (χ2v) is 8.34. The topological polar surface area (TPSA) is 98.5 Å². The van der Waals surface area contributed by atoms with Gasteiger partial charge in [-0.2, -0.15) is 0 Å². The molecular formula is C12H24N2O4S. The summed E-state index contributed by atoms with van der Waals surface area (Å²) in [5.41, 5.74) is 5.41. The first-order chi connectivity index (χ1) is 8.59. The van der Waals surface area contributed by atoms with Crippen LogP contribution in [0.2, 0.25) is 0 Å². The van der Waals surface area contributed by atoms with Crippen molar-refractivity contribution in [3.05, 3.63) is 0 Å². The summed E-state index contributed by atoms with van der Waals surface area (Å²) < 4.78 is 28.2. The van der Waals surface area contributed by atoms with Crippen LogP contribution in [0.25, 0.3) is 0 Å². The van der Waals surface area contributed by atoms with Gasteiger partial charge < -0.3 is 15.8 Å². The summed E-state index contributed by atoms with van der Waals surface area (Å²) in [7, 11) is -2.98. The molecule has 0 aromatic heterocycles. The lowest BCUT2D eigenvalue weighted by molar-refractivity contribution is 0.0516. The summed E-state index contributed by atoms with van der Waals surface area (Å²) >= 11 is 0. The van der Waals surface area contributed by atoms with Crippen molar-refractivity contribution in [3.8, 4) is 0 Å². The molecule has 0 saturated carbocycles. The van der Waals surface area contributed by atoms with Gasteiger partial charge >= 0.3 is 6.09 Å². The molecule has 1 rings (SSSR count). The van der Waals surface area contributed by atoms with Gasteiger partial charge in [0, 0.05) is 12.6 Å². The third-order valence-corrected chi connectivity index (χ3v) is 4.79. The molecule has 0 aromatic rings. The van der Waals surface area contributed by atoms with Crippen molar-refractivity contribution in [1.29, 1.82) is 0 Å². The van der Waals surface area contributed by atoms with Crippen LogP contribution >= 0.6 is 0 Å². The fourth-order valence-corrected chi connectivity index (χ4v) is 3.48. The Morgan fingerprint density at radius 2 is 1.89 bits per heavy atom. The second kappa shape index (κ2) is 6.09. The van der Waals surface area contributed by atoms with Crippen molar-refractivity contribution in [3.63, 3.8) is 0 Å². The van der Waals surface area contributed by atoms with Gasteiger partial charge in [0.2, 0.25) is 0 Å². The van der Waals surface area contributed by atoms with Gasteiger partial charge in [-0.1, -0.05) is 0 Å². The molecule has 2 atom stereocenters. The lowest BCUT2D eigenvalue weighted by Crippen LogP contribution is -2.41. The average Bonchev–Trinajstić information content (AvgIpc) is 2.35. The van der Waals surface area contributed by atoms with E-state index in [9.17, 15) is 13.2 Å². The van der Waals surface area contributed by atoms with E-state index in [1.807, 2.05) is 0 Å². The van der Waals surface area contributed by atoms with E-state index in [-0.39, 0.29) is 23.5 Å². The van der Waals surface area contributed by atoms with Gasteiger partial charge in [0.1, 0.15) is 15.4 Å². The van der Waals surface area contributed by atoms with Crippen molar-refractivity contribution >= 4 is 15.9 Å². The number of rotatable bonds is 2. The maximum absolute atomic E-state index is 11.5. The van der Waals surface area contributed by atoms with Gasteiger partial charge in [0.05, 0.1) is 11.5 Å². The predicted octanol–water partition coefficient (Wildman–Crippen LogP) is 0.663. The molecule has 0 aromatic carbocycles. The highest BCUT2D eigenvalue weighted by Crippen LogP contribution is 2.17. The molecule has 1 fully saturated rings. The Morgan fingerprint density at radius 1 is 1.32 bits per heavy atom. The van der Waals surface area contributed by atoms with Crippen molar-refractivity contribution in [2.45, 2.75) is 45.3 Å². The van der Waals surface area contributed by atoms with E-state index in [1.54, 1.807) is 20.8 Å². The summed E-state index contributed by atoms with van der Waals surface area (Å²) in [6.45, 7) is 5.72. The molecule has 1 amide bonds. The van der Waals surface area contributed by atoms with Crippen molar-refractivity contribution < 1.29 is 17.9 Å². The Bertz CT molecular complexity index is 414. The molecule has 0 spiro atoms. The zero-order valence-electron chi connectivity index (χ0n) is 11.8. The van der Waals surface area contributed by atoms with Crippen LogP contribution in [-0.2, 0) is 14.6 Å². The summed E-state index contributed by atoms with van der Waals surface area (Å²) in [5, 5.41) is 2.66. The number of alkyl carbamates (subject to hydrolysis) is 1. The molecule has 3 N–H and O–H groups in total. The minimum atomic E-state index is -2.98. The van der Waals surface area contributed by atoms with Crippen molar-refractivity contribution in [2.24, 2.45) is 11.7 Å². The van der Waals surface area contributed by atoms with Gasteiger partial charge in [0.25, 0.3) is 0 Å². The highest BCUT2D eigenvalue weighted by molar-refractivity contribution is 7.91. The standard InChI is InChI=1S/C12H24N2O4S/c1-12(2,3)18-11(15)14-8-9-4-6-19(16,17)7-5-10(9)13/h9-10H,4-8,13H2,1-3H3,(H,14,15)/t9-,10+/m0/s1. The van der Waals surface area contributed by atoms with Crippen molar-refractivity contribution in [2.75, 3.05) is 18.1 Å². The van der Waals surface area contributed by atoms with Gasteiger partial charge in [-0.15, -0.1) is 0 Å². The number of sulfone groups is 1. The number of carbonyl (C=O) groups is 1. The fourth-order valence-electron chi connectivity index (χ4n) is 1.98. The molecule has 1 saturated heterocycles. The molecule has 112 valence electrons. The lowest BCUT2D eigenvalue weighted by atomic mass is 9.96. The Kier molecular flexibility index (Phi) is 5.20. The van der Waals surface area contributed by atoms with Gasteiger partial charge in [-0.3, -0.25) is 0 Å². The molecule has 7 heteroatoms. The third kappa shape index (κ3) is 6.24. The number of ether oxygens (including phenoxy) is 1. The Balaban J connectivity index is 2.46. The zero-order valence-corrected chi connectivity index (χ0v) is 12.6. The zero-order chi connectivity index (χ0) is 14.7. The second-order valence-electron chi connectivity index (χ2n) is 6.04. The number of hydrogen-bond acceptors (Lipinski definition) is 5.